The van der Waals surface area contributed by atoms with Crippen molar-refractivity contribution in [2.75, 3.05) is 18.4 Å². The van der Waals surface area contributed by atoms with Crippen LogP contribution in [0.15, 0.2) is 66.0 Å². The molecule has 1 atom stereocenters. The first-order valence-electron chi connectivity index (χ1n) is 14.3. The lowest BCUT2D eigenvalue weighted by molar-refractivity contribution is -0.139. The maximum Gasteiger partial charge on any atom is 0.245 e. The van der Waals surface area contributed by atoms with E-state index >= 15 is 0 Å². The van der Waals surface area contributed by atoms with Gasteiger partial charge >= 0.3 is 0 Å². The molecule has 1 heterocycles. The summed E-state index contributed by atoms with van der Waals surface area (Å²) < 4.78 is 0. The van der Waals surface area contributed by atoms with Gasteiger partial charge in [0.25, 0.3) is 0 Å². The van der Waals surface area contributed by atoms with Gasteiger partial charge in [-0.3, -0.25) is 14.4 Å². The van der Waals surface area contributed by atoms with Crippen LogP contribution in [0, 0.1) is 11.8 Å². The Morgan fingerprint density at radius 1 is 0.950 bits per heavy atom. The van der Waals surface area contributed by atoms with Gasteiger partial charge in [-0.2, -0.15) is 0 Å². The van der Waals surface area contributed by atoms with Gasteiger partial charge in [0.2, 0.25) is 17.7 Å². The predicted octanol–water partition coefficient (Wildman–Crippen LogP) is 5.79. The Balaban J connectivity index is 1.33. The van der Waals surface area contributed by atoms with Crippen molar-refractivity contribution in [1.29, 1.82) is 0 Å². The van der Waals surface area contributed by atoms with E-state index < -0.39 is 0 Å². The van der Waals surface area contributed by atoms with Gasteiger partial charge < -0.3 is 15.5 Å². The molecule has 1 aliphatic rings. The number of carbonyl (C=O) groups is 3. The number of aromatic nitrogens is 1. The number of nitrogens with zero attached hydrogens (tertiary/aromatic N) is 2. The summed E-state index contributed by atoms with van der Waals surface area (Å²) in [5, 5.41) is 8.23. The molecular formula is C32H40N4O3S. The van der Waals surface area contributed by atoms with Gasteiger partial charge in [0.05, 0.1) is 24.7 Å². The molecular weight excluding hydrogens is 520 g/mol. The highest BCUT2D eigenvalue weighted by Crippen LogP contribution is 2.26. The van der Waals surface area contributed by atoms with E-state index in [0.29, 0.717) is 23.8 Å². The Morgan fingerprint density at radius 2 is 1.62 bits per heavy atom. The number of carbonyl (C=O) groups excluding carboxylic acids is 3. The number of thiazole rings is 1. The van der Waals surface area contributed by atoms with Gasteiger partial charge in [0, 0.05) is 17.8 Å². The summed E-state index contributed by atoms with van der Waals surface area (Å²) >= 11 is 1.29. The molecule has 1 unspecified atom stereocenters. The molecule has 1 aliphatic carbocycles. The van der Waals surface area contributed by atoms with Gasteiger partial charge in [0.1, 0.15) is 0 Å². The molecule has 0 bridgehead atoms. The van der Waals surface area contributed by atoms with E-state index in [9.17, 15) is 14.4 Å². The largest absolute Gasteiger partial charge is 0.349 e. The molecule has 1 aromatic heterocycles. The average molecular weight is 561 g/mol. The first-order chi connectivity index (χ1) is 19.4. The number of anilines is 1. The molecule has 1 saturated carbocycles. The third-order valence-corrected chi connectivity index (χ3v) is 7.95. The Labute approximate surface area is 241 Å². The Bertz CT molecular complexity index is 1240. The molecule has 40 heavy (non-hydrogen) atoms. The lowest BCUT2D eigenvalue weighted by atomic mass is 9.88. The molecule has 4 rings (SSSR count). The maximum absolute atomic E-state index is 13.1. The molecule has 0 spiro atoms. The second-order valence-electron chi connectivity index (χ2n) is 11.0. The molecule has 212 valence electrons. The summed E-state index contributed by atoms with van der Waals surface area (Å²) in [6.45, 7) is 4.68. The summed E-state index contributed by atoms with van der Waals surface area (Å²) in [6.07, 6.45) is 5.94. The van der Waals surface area contributed by atoms with Crippen LogP contribution in [-0.4, -0.2) is 40.7 Å². The number of hydrogen-bond donors (Lipinski definition) is 2. The molecule has 3 aromatic rings. The van der Waals surface area contributed by atoms with Crippen LogP contribution in [0.25, 0.3) is 0 Å². The smallest absolute Gasteiger partial charge is 0.245 e. The van der Waals surface area contributed by atoms with Gasteiger partial charge in [0.15, 0.2) is 5.13 Å². The van der Waals surface area contributed by atoms with E-state index in [1.54, 1.807) is 10.3 Å². The van der Waals surface area contributed by atoms with Crippen molar-refractivity contribution in [3.63, 3.8) is 0 Å². The highest BCUT2D eigenvalue weighted by Gasteiger charge is 2.28. The van der Waals surface area contributed by atoms with Crippen LogP contribution in [0.2, 0.25) is 0 Å². The predicted molar refractivity (Wildman–Crippen MR) is 160 cm³/mol. The van der Waals surface area contributed by atoms with Crippen molar-refractivity contribution in [1.82, 2.24) is 15.2 Å². The molecule has 0 radical (unpaired) electrons. The number of benzene rings is 2. The average Bonchev–Trinajstić information content (AvgIpc) is 3.39. The number of rotatable bonds is 12. The van der Waals surface area contributed by atoms with E-state index in [0.717, 1.165) is 36.8 Å². The third kappa shape index (κ3) is 9.01. The lowest BCUT2D eigenvalue weighted by Gasteiger charge is -2.30. The van der Waals surface area contributed by atoms with Crippen LogP contribution in [-0.2, 0) is 27.2 Å². The minimum atomic E-state index is -0.262. The Kier molecular flexibility index (Phi) is 10.9. The molecule has 3 amide bonds. The number of nitrogens with one attached hydrogen (secondary N) is 2. The Morgan fingerprint density at radius 3 is 2.30 bits per heavy atom. The molecule has 2 aromatic carbocycles. The van der Waals surface area contributed by atoms with Crippen LogP contribution < -0.4 is 10.6 Å². The summed E-state index contributed by atoms with van der Waals surface area (Å²) in [7, 11) is 0. The first kappa shape index (κ1) is 29.5. The van der Waals surface area contributed by atoms with Crippen LogP contribution in [0.5, 0.6) is 0 Å². The van der Waals surface area contributed by atoms with Gasteiger partial charge in [-0.1, -0.05) is 93.8 Å². The van der Waals surface area contributed by atoms with E-state index in [-0.39, 0.29) is 48.6 Å². The zero-order chi connectivity index (χ0) is 28.3. The van der Waals surface area contributed by atoms with Crippen molar-refractivity contribution in [3.05, 3.63) is 82.9 Å². The number of amides is 3. The van der Waals surface area contributed by atoms with Crippen LogP contribution in [0.4, 0.5) is 5.13 Å². The summed E-state index contributed by atoms with van der Waals surface area (Å²) in [5.41, 5.74) is 2.78. The SMILES string of the molecule is CC(C)CN(CC(=O)Nc1nc(CC(=O)NC(Cc2ccccc2)c2ccccc2)cs1)C(=O)C1CCCCC1. The summed E-state index contributed by atoms with van der Waals surface area (Å²) in [4.78, 5) is 45.2. The minimum absolute atomic E-state index is 0.0150. The van der Waals surface area contributed by atoms with E-state index in [4.69, 9.17) is 0 Å². The maximum atomic E-state index is 13.1. The van der Waals surface area contributed by atoms with Crippen LogP contribution in [0.3, 0.4) is 0 Å². The second-order valence-corrected chi connectivity index (χ2v) is 11.9. The molecule has 0 saturated heterocycles. The van der Waals surface area contributed by atoms with Crippen molar-refractivity contribution in [3.8, 4) is 0 Å². The third-order valence-electron chi connectivity index (χ3n) is 7.15. The second kappa shape index (κ2) is 14.7. The normalized spacial score (nSPS) is 14.5. The van der Waals surface area contributed by atoms with Crippen LogP contribution in [0.1, 0.15) is 68.8 Å². The van der Waals surface area contributed by atoms with E-state index in [1.807, 2.05) is 48.5 Å². The van der Waals surface area contributed by atoms with Crippen molar-refractivity contribution in [2.45, 2.75) is 64.8 Å². The molecule has 8 heteroatoms. The molecule has 7 nitrogen and oxygen atoms in total. The highest BCUT2D eigenvalue weighted by atomic mass is 32.1. The van der Waals surface area contributed by atoms with Crippen molar-refractivity contribution >= 4 is 34.2 Å². The van der Waals surface area contributed by atoms with Crippen molar-refractivity contribution in [2.24, 2.45) is 11.8 Å². The fraction of sp³-hybridized carbons (Fsp3) is 0.438. The van der Waals surface area contributed by atoms with Crippen molar-refractivity contribution < 1.29 is 14.4 Å². The fourth-order valence-corrected chi connectivity index (χ4v) is 5.98. The van der Waals surface area contributed by atoms with Gasteiger partial charge in [-0.25, -0.2) is 4.98 Å². The van der Waals surface area contributed by atoms with Gasteiger partial charge in [-0.05, 0) is 36.3 Å². The minimum Gasteiger partial charge on any atom is -0.349 e. The fourth-order valence-electron chi connectivity index (χ4n) is 5.26. The zero-order valence-electron chi connectivity index (χ0n) is 23.5. The van der Waals surface area contributed by atoms with Crippen LogP contribution >= 0.6 is 11.3 Å². The Hall–Kier alpha value is -3.52. The molecule has 1 fully saturated rings. The van der Waals surface area contributed by atoms with E-state index in [2.05, 4.69) is 41.6 Å². The summed E-state index contributed by atoms with van der Waals surface area (Å²) in [6, 6.07) is 19.9. The number of hydrogen-bond acceptors (Lipinski definition) is 5. The zero-order valence-corrected chi connectivity index (χ0v) is 24.3. The first-order valence-corrected chi connectivity index (χ1v) is 15.2. The topological polar surface area (TPSA) is 91.4 Å². The van der Waals surface area contributed by atoms with Gasteiger partial charge in [-0.15, -0.1) is 11.3 Å². The monoisotopic (exact) mass is 560 g/mol. The highest BCUT2D eigenvalue weighted by molar-refractivity contribution is 7.13. The summed E-state index contributed by atoms with van der Waals surface area (Å²) in [5.74, 6) is -0.0152. The lowest BCUT2D eigenvalue weighted by Crippen LogP contribution is -2.43. The molecule has 0 aliphatic heterocycles. The van der Waals surface area contributed by atoms with E-state index in [1.165, 1.54) is 17.8 Å². The standard InChI is InChI=1S/C32H40N4O3S/c1-23(2)20-36(31(39)26-16-10-5-11-17-26)21-30(38)35-32-33-27(22-40-32)19-29(37)34-28(25-14-8-4-9-15-25)18-24-12-6-3-7-13-24/h3-4,6-9,12-15,22-23,26,28H,5,10-11,16-21H2,1-2H3,(H,34,37)(H,33,35,38). The quantitative estimate of drug-likeness (QED) is 0.293. The molecule has 2 N–H and O–H groups in total.